The Balaban J connectivity index is 2.77. The van der Waals surface area contributed by atoms with Crippen LogP contribution < -0.4 is 4.90 Å². The van der Waals surface area contributed by atoms with Crippen molar-refractivity contribution in [1.82, 2.24) is 0 Å². The number of nitrogens with zero attached hydrogens (tertiary/aromatic N) is 1. The molecule has 0 N–H and O–H groups in total. The van der Waals surface area contributed by atoms with Crippen molar-refractivity contribution in [3.8, 4) is 0 Å². The summed E-state index contributed by atoms with van der Waals surface area (Å²) in [5, 5.41) is 0. The van der Waals surface area contributed by atoms with Crippen molar-refractivity contribution in [1.29, 1.82) is 0 Å². The molecule has 0 amide bonds. The van der Waals surface area contributed by atoms with Crippen LogP contribution in [-0.2, 0) is 28.5 Å². The maximum absolute atomic E-state index is 14.5. The number of ether oxygens (including phenoxy) is 4. The van der Waals surface area contributed by atoms with Crippen LogP contribution in [0.1, 0.15) is 10.4 Å². The summed E-state index contributed by atoms with van der Waals surface area (Å²) in [5.41, 5.74) is -1.70. The largest absolute Gasteiger partial charge is 0.466 e. The first-order valence-corrected chi connectivity index (χ1v) is 7.18. The fraction of sp³-hybridized carbons (Fsp3) is 0.312. The third-order valence-electron chi connectivity index (χ3n) is 3.58. The van der Waals surface area contributed by atoms with Gasteiger partial charge in [-0.05, 0) is 12.1 Å². The number of anilines is 1. The maximum Gasteiger partial charge on any atom is 0.355 e. The van der Waals surface area contributed by atoms with Crippen LogP contribution in [0.3, 0.4) is 0 Å². The Morgan fingerprint density at radius 1 is 1.00 bits per heavy atom. The number of rotatable bonds is 4. The lowest BCUT2D eigenvalue weighted by molar-refractivity contribution is -0.140. The van der Waals surface area contributed by atoms with Crippen LogP contribution in [0.4, 0.5) is 14.5 Å². The van der Waals surface area contributed by atoms with E-state index in [0.29, 0.717) is 0 Å². The van der Waals surface area contributed by atoms with E-state index in [2.05, 4.69) is 14.2 Å². The molecule has 2 rings (SSSR count). The van der Waals surface area contributed by atoms with Gasteiger partial charge in [0, 0.05) is 0 Å². The quantitative estimate of drug-likeness (QED) is 0.575. The molecule has 0 fully saturated rings. The number of halogens is 2. The van der Waals surface area contributed by atoms with Crippen LogP contribution in [0.5, 0.6) is 0 Å². The molecule has 8 nitrogen and oxygen atoms in total. The molecule has 0 aromatic heterocycles. The summed E-state index contributed by atoms with van der Waals surface area (Å²) in [6.45, 7) is -0.770. The van der Waals surface area contributed by atoms with Gasteiger partial charge in [-0.3, -0.25) is 0 Å². The monoisotopic (exact) mass is 371 g/mol. The number of hydrogen-bond acceptors (Lipinski definition) is 8. The van der Waals surface area contributed by atoms with Crippen molar-refractivity contribution in [2.75, 3.05) is 39.6 Å². The van der Waals surface area contributed by atoms with Crippen LogP contribution in [-0.4, -0.2) is 52.6 Å². The van der Waals surface area contributed by atoms with Gasteiger partial charge in [0.25, 0.3) is 0 Å². The highest BCUT2D eigenvalue weighted by Crippen LogP contribution is 2.33. The van der Waals surface area contributed by atoms with Gasteiger partial charge in [-0.2, -0.15) is 0 Å². The van der Waals surface area contributed by atoms with Gasteiger partial charge in [0.1, 0.15) is 12.4 Å². The molecule has 1 aliphatic rings. The van der Waals surface area contributed by atoms with E-state index in [9.17, 15) is 23.2 Å². The van der Waals surface area contributed by atoms with Crippen molar-refractivity contribution in [2.24, 2.45) is 0 Å². The second kappa shape index (κ2) is 7.91. The molecule has 1 aromatic rings. The predicted molar refractivity (Wildman–Crippen MR) is 82.1 cm³/mol. The SMILES string of the molecule is COC(=O)C1=C(C(=O)OC)N(c2c(C(=O)OC)ccc(F)c2F)COC1. The number of hydrogen-bond donors (Lipinski definition) is 0. The van der Waals surface area contributed by atoms with Gasteiger partial charge in [0.15, 0.2) is 11.6 Å². The normalized spacial score (nSPS) is 14.1. The lowest BCUT2D eigenvalue weighted by atomic mass is 10.1. The summed E-state index contributed by atoms with van der Waals surface area (Å²) in [5.74, 6) is -5.63. The Hall–Kier alpha value is -3.01. The lowest BCUT2D eigenvalue weighted by Gasteiger charge is -2.32. The molecule has 0 saturated heterocycles. The smallest absolute Gasteiger partial charge is 0.355 e. The van der Waals surface area contributed by atoms with E-state index in [0.717, 1.165) is 38.4 Å². The third-order valence-corrected chi connectivity index (χ3v) is 3.58. The minimum atomic E-state index is -1.43. The first-order valence-electron chi connectivity index (χ1n) is 7.18. The molecule has 1 aliphatic heterocycles. The fourth-order valence-corrected chi connectivity index (χ4v) is 2.40. The van der Waals surface area contributed by atoms with Gasteiger partial charge in [-0.1, -0.05) is 0 Å². The molecule has 0 bridgehead atoms. The number of carbonyl (C=O) groups excluding carboxylic acids is 3. The zero-order chi connectivity index (χ0) is 19.4. The Morgan fingerprint density at radius 2 is 1.62 bits per heavy atom. The van der Waals surface area contributed by atoms with Crippen LogP contribution >= 0.6 is 0 Å². The van der Waals surface area contributed by atoms with Crippen molar-refractivity contribution in [2.45, 2.75) is 0 Å². The van der Waals surface area contributed by atoms with Crippen LogP contribution in [0, 0.1) is 11.6 Å². The highest BCUT2D eigenvalue weighted by Gasteiger charge is 2.36. The third kappa shape index (κ3) is 3.36. The maximum atomic E-state index is 14.5. The van der Waals surface area contributed by atoms with Crippen molar-refractivity contribution < 1.29 is 42.1 Å². The standard InChI is InChI=1S/C16H15F2NO7/c1-23-14(20)8-4-5-10(17)11(18)12(8)19-7-26-6-9(15(21)24-2)13(19)16(22)25-3/h4-5H,6-7H2,1-3H3. The second-order valence-electron chi connectivity index (χ2n) is 4.97. The first-order chi connectivity index (χ1) is 12.4. The molecule has 1 aromatic carbocycles. The predicted octanol–water partition coefficient (Wildman–Crippen LogP) is 1.15. The van der Waals surface area contributed by atoms with Gasteiger partial charge in [-0.25, -0.2) is 23.2 Å². The zero-order valence-corrected chi connectivity index (χ0v) is 14.1. The Labute approximate surface area is 146 Å². The van der Waals surface area contributed by atoms with Gasteiger partial charge < -0.3 is 23.8 Å². The molecule has 0 aliphatic carbocycles. The minimum absolute atomic E-state index is 0.273. The minimum Gasteiger partial charge on any atom is -0.466 e. The van der Waals surface area contributed by atoms with Gasteiger partial charge in [-0.15, -0.1) is 0 Å². The summed E-state index contributed by atoms with van der Waals surface area (Å²) >= 11 is 0. The Bertz CT molecular complexity index is 791. The van der Waals surface area contributed by atoms with E-state index in [1.54, 1.807) is 0 Å². The number of methoxy groups -OCH3 is 3. The summed E-state index contributed by atoms with van der Waals surface area (Å²) in [7, 11) is 3.17. The molecule has 0 atom stereocenters. The Morgan fingerprint density at radius 3 is 2.19 bits per heavy atom. The average Bonchev–Trinajstić information content (AvgIpc) is 2.67. The molecule has 140 valence electrons. The van der Waals surface area contributed by atoms with Crippen molar-refractivity contribution >= 4 is 23.6 Å². The van der Waals surface area contributed by atoms with Crippen LogP contribution in [0.15, 0.2) is 23.4 Å². The lowest BCUT2D eigenvalue weighted by Crippen LogP contribution is -2.40. The molecule has 0 unspecified atom stereocenters. The zero-order valence-electron chi connectivity index (χ0n) is 14.1. The summed E-state index contributed by atoms with van der Waals surface area (Å²) in [4.78, 5) is 36.9. The van der Waals surface area contributed by atoms with E-state index < -0.39 is 47.7 Å². The van der Waals surface area contributed by atoms with E-state index in [1.165, 1.54) is 0 Å². The van der Waals surface area contributed by atoms with E-state index in [4.69, 9.17) is 4.74 Å². The van der Waals surface area contributed by atoms with E-state index >= 15 is 0 Å². The van der Waals surface area contributed by atoms with Gasteiger partial charge >= 0.3 is 17.9 Å². The van der Waals surface area contributed by atoms with Crippen molar-refractivity contribution in [3.63, 3.8) is 0 Å². The van der Waals surface area contributed by atoms with Crippen LogP contribution in [0.2, 0.25) is 0 Å². The topological polar surface area (TPSA) is 91.4 Å². The molecule has 1 heterocycles. The van der Waals surface area contributed by atoms with E-state index in [1.807, 2.05) is 0 Å². The Kier molecular flexibility index (Phi) is 5.88. The molecule has 10 heteroatoms. The van der Waals surface area contributed by atoms with Gasteiger partial charge in [0.2, 0.25) is 0 Å². The second-order valence-corrected chi connectivity index (χ2v) is 4.97. The van der Waals surface area contributed by atoms with Crippen molar-refractivity contribution in [3.05, 3.63) is 40.6 Å². The average molecular weight is 371 g/mol. The number of benzene rings is 1. The molecule has 0 radical (unpaired) electrons. The number of esters is 3. The molecular formula is C16H15F2NO7. The molecule has 0 spiro atoms. The summed E-state index contributed by atoms with van der Waals surface area (Å²) in [6.07, 6.45) is 0. The highest BCUT2D eigenvalue weighted by molar-refractivity contribution is 6.05. The van der Waals surface area contributed by atoms with Crippen LogP contribution in [0.25, 0.3) is 0 Å². The van der Waals surface area contributed by atoms with Gasteiger partial charge in [0.05, 0.1) is 44.8 Å². The fourth-order valence-electron chi connectivity index (χ4n) is 2.40. The molecule has 26 heavy (non-hydrogen) atoms. The summed E-state index contributed by atoms with van der Waals surface area (Å²) < 4.78 is 47.3. The summed E-state index contributed by atoms with van der Waals surface area (Å²) in [6, 6.07) is 1.72. The first kappa shape index (κ1) is 19.3. The molecule has 0 saturated carbocycles. The molecular weight excluding hydrogens is 356 g/mol. The van der Waals surface area contributed by atoms with E-state index in [-0.39, 0.29) is 17.7 Å². The number of carbonyl (C=O) groups is 3. The highest BCUT2D eigenvalue weighted by atomic mass is 19.2.